The van der Waals surface area contributed by atoms with Crippen LogP contribution in [0.1, 0.15) is 30.9 Å². The van der Waals surface area contributed by atoms with Crippen LogP contribution in [-0.4, -0.2) is 78.3 Å². The highest BCUT2D eigenvalue weighted by molar-refractivity contribution is 5.72. The molecule has 0 radical (unpaired) electrons. The molecule has 6 rings (SSSR count). The van der Waals surface area contributed by atoms with E-state index in [4.69, 9.17) is 33.2 Å². The lowest BCUT2D eigenvalue weighted by Crippen LogP contribution is -2.44. The first-order valence-corrected chi connectivity index (χ1v) is 18.3. The number of hydrogen-bond acceptors (Lipinski definition) is 10. The lowest BCUT2D eigenvalue weighted by atomic mass is 9.98. The maximum atomic E-state index is 5.79. The van der Waals surface area contributed by atoms with E-state index >= 15 is 0 Å². The fraction of sp³-hybridized carbons (Fsp3) is 0.341. The molecule has 2 heterocycles. The fourth-order valence-electron chi connectivity index (χ4n) is 7.23. The standard InChI is InChI=1S/C44H51N3O7/c1-8-54-37-14-12-35(13-15-37)47(29-30-10-9-11-32(22-30)33-24-39(48-2)43(52-6)40(25-33)49-3)36-17-20-46(21-18-36)28-31-16-19-45-38(23-31)34-26-41(50-4)44(53-7)42(27-34)51-5/h9-16,19,22-27,36H,8,17-18,20-21,28-29H2,1-7H3. The Balaban J connectivity index is 1.20. The Labute approximate surface area is 319 Å². The largest absolute Gasteiger partial charge is 0.494 e. The number of nitrogens with zero attached hydrogens (tertiary/aromatic N) is 3. The average molecular weight is 734 g/mol. The SMILES string of the molecule is CCOc1ccc(N(Cc2cccc(-c3cc(OC)c(OC)c(OC)c3)c2)C2CCN(Cc3ccnc(-c4cc(OC)c(OC)c(OC)c4)c3)CC2)cc1. The third-order valence-electron chi connectivity index (χ3n) is 9.95. The number of ether oxygens (including phenoxy) is 7. The molecular weight excluding hydrogens is 682 g/mol. The van der Waals surface area contributed by atoms with Gasteiger partial charge in [0.15, 0.2) is 23.0 Å². The van der Waals surface area contributed by atoms with Gasteiger partial charge in [0, 0.05) is 49.7 Å². The van der Waals surface area contributed by atoms with Crippen molar-refractivity contribution < 1.29 is 33.2 Å². The maximum Gasteiger partial charge on any atom is 0.203 e. The summed E-state index contributed by atoms with van der Waals surface area (Å²) in [5.41, 5.74) is 7.45. The van der Waals surface area contributed by atoms with Gasteiger partial charge in [-0.1, -0.05) is 18.2 Å². The second-order valence-corrected chi connectivity index (χ2v) is 13.1. The molecule has 5 aromatic rings. The number of pyridine rings is 1. The van der Waals surface area contributed by atoms with Gasteiger partial charge < -0.3 is 38.1 Å². The first kappa shape index (κ1) is 38.1. The number of likely N-dealkylation sites (tertiary alicyclic amines) is 1. The average Bonchev–Trinajstić information content (AvgIpc) is 3.22. The van der Waals surface area contributed by atoms with Gasteiger partial charge in [-0.25, -0.2) is 0 Å². The monoisotopic (exact) mass is 733 g/mol. The van der Waals surface area contributed by atoms with Gasteiger partial charge in [-0.15, -0.1) is 0 Å². The highest BCUT2D eigenvalue weighted by Gasteiger charge is 2.26. The van der Waals surface area contributed by atoms with Crippen molar-refractivity contribution in [2.75, 3.05) is 67.3 Å². The minimum absolute atomic E-state index is 0.358. The zero-order valence-electron chi connectivity index (χ0n) is 32.4. The smallest absolute Gasteiger partial charge is 0.203 e. The summed E-state index contributed by atoms with van der Waals surface area (Å²) in [6.07, 6.45) is 3.94. The molecule has 0 saturated carbocycles. The van der Waals surface area contributed by atoms with Crippen LogP contribution in [0.3, 0.4) is 0 Å². The molecule has 1 aliphatic heterocycles. The topological polar surface area (TPSA) is 84.0 Å². The Morgan fingerprint density at radius 1 is 0.630 bits per heavy atom. The van der Waals surface area contributed by atoms with Crippen molar-refractivity contribution in [1.82, 2.24) is 9.88 Å². The van der Waals surface area contributed by atoms with E-state index < -0.39 is 0 Å². The van der Waals surface area contributed by atoms with Crippen molar-refractivity contribution in [3.05, 3.63) is 102 Å². The van der Waals surface area contributed by atoms with Crippen molar-refractivity contribution in [2.45, 2.75) is 38.9 Å². The molecule has 4 aromatic carbocycles. The Kier molecular flexibility index (Phi) is 12.7. The van der Waals surface area contributed by atoms with E-state index in [1.165, 1.54) is 16.8 Å². The molecule has 10 nitrogen and oxygen atoms in total. The van der Waals surface area contributed by atoms with Crippen LogP contribution in [0.15, 0.2) is 91.1 Å². The van der Waals surface area contributed by atoms with Crippen molar-refractivity contribution in [3.63, 3.8) is 0 Å². The summed E-state index contributed by atoms with van der Waals surface area (Å²) in [5.74, 6) is 4.48. The zero-order chi connectivity index (χ0) is 38.0. The van der Waals surface area contributed by atoms with Crippen molar-refractivity contribution >= 4 is 5.69 Å². The van der Waals surface area contributed by atoms with Crippen LogP contribution < -0.4 is 38.1 Å². The highest BCUT2D eigenvalue weighted by atomic mass is 16.5. The van der Waals surface area contributed by atoms with Gasteiger partial charge in [0.05, 0.1) is 55.0 Å². The predicted molar refractivity (Wildman–Crippen MR) is 213 cm³/mol. The third-order valence-corrected chi connectivity index (χ3v) is 9.95. The molecule has 0 N–H and O–H groups in total. The lowest BCUT2D eigenvalue weighted by molar-refractivity contribution is 0.201. The van der Waals surface area contributed by atoms with E-state index in [2.05, 4.69) is 75.4 Å². The maximum absolute atomic E-state index is 5.79. The Morgan fingerprint density at radius 3 is 1.78 bits per heavy atom. The summed E-state index contributed by atoms with van der Waals surface area (Å²) in [6, 6.07) is 29.7. The minimum Gasteiger partial charge on any atom is -0.494 e. The van der Waals surface area contributed by atoms with E-state index in [0.29, 0.717) is 47.1 Å². The fourth-order valence-corrected chi connectivity index (χ4v) is 7.23. The van der Waals surface area contributed by atoms with Crippen LogP contribution in [0.5, 0.6) is 40.2 Å². The molecule has 10 heteroatoms. The van der Waals surface area contributed by atoms with E-state index in [0.717, 1.165) is 67.2 Å². The normalized spacial score (nSPS) is 13.2. The van der Waals surface area contributed by atoms with E-state index in [9.17, 15) is 0 Å². The molecule has 0 atom stereocenters. The number of rotatable bonds is 16. The molecule has 0 unspecified atom stereocenters. The van der Waals surface area contributed by atoms with Crippen LogP contribution in [0.4, 0.5) is 5.69 Å². The Bertz CT molecular complexity index is 1940. The Hall–Kier alpha value is -5.61. The summed E-state index contributed by atoms with van der Waals surface area (Å²) in [7, 11) is 9.76. The molecule has 54 heavy (non-hydrogen) atoms. The first-order chi connectivity index (χ1) is 26.4. The van der Waals surface area contributed by atoms with Gasteiger partial charge in [0.1, 0.15) is 5.75 Å². The number of anilines is 1. The van der Waals surface area contributed by atoms with Crippen LogP contribution in [-0.2, 0) is 13.1 Å². The van der Waals surface area contributed by atoms with E-state index in [-0.39, 0.29) is 0 Å². The third kappa shape index (κ3) is 8.60. The summed E-state index contributed by atoms with van der Waals surface area (Å²) in [5, 5.41) is 0. The molecule has 1 fully saturated rings. The quantitative estimate of drug-likeness (QED) is 0.0984. The summed E-state index contributed by atoms with van der Waals surface area (Å²) in [4.78, 5) is 9.77. The van der Waals surface area contributed by atoms with Crippen LogP contribution in [0.25, 0.3) is 22.4 Å². The second kappa shape index (κ2) is 17.9. The number of aromatic nitrogens is 1. The van der Waals surface area contributed by atoms with Gasteiger partial charge in [0.2, 0.25) is 11.5 Å². The van der Waals surface area contributed by atoms with Gasteiger partial charge in [-0.2, -0.15) is 0 Å². The molecule has 1 saturated heterocycles. The second-order valence-electron chi connectivity index (χ2n) is 13.1. The number of hydrogen-bond donors (Lipinski definition) is 0. The molecule has 0 aliphatic carbocycles. The van der Waals surface area contributed by atoms with Gasteiger partial charge >= 0.3 is 0 Å². The van der Waals surface area contributed by atoms with Crippen LogP contribution in [0, 0.1) is 0 Å². The van der Waals surface area contributed by atoms with Crippen LogP contribution in [0.2, 0.25) is 0 Å². The van der Waals surface area contributed by atoms with Crippen molar-refractivity contribution in [2.24, 2.45) is 0 Å². The zero-order valence-corrected chi connectivity index (χ0v) is 32.4. The molecule has 0 amide bonds. The first-order valence-electron chi connectivity index (χ1n) is 18.3. The summed E-state index contributed by atoms with van der Waals surface area (Å²) < 4.78 is 39.4. The summed E-state index contributed by atoms with van der Waals surface area (Å²) in [6.45, 7) is 6.20. The van der Waals surface area contributed by atoms with Gasteiger partial charge in [-0.05, 0) is 109 Å². The molecule has 284 valence electrons. The van der Waals surface area contributed by atoms with Crippen LogP contribution >= 0.6 is 0 Å². The molecular formula is C44H51N3O7. The van der Waals surface area contributed by atoms with Crippen molar-refractivity contribution in [3.8, 4) is 62.6 Å². The number of piperidine rings is 1. The number of methoxy groups -OCH3 is 6. The predicted octanol–water partition coefficient (Wildman–Crippen LogP) is 8.54. The van der Waals surface area contributed by atoms with Gasteiger partial charge in [-0.3, -0.25) is 9.88 Å². The van der Waals surface area contributed by atoms with E-state index in [1.54, 1.807) is 42.7 Å². The van der Waals surface area contributed by atoms with Gasteiger partial charge in [0.25, 0.3) is 0 Å². The number of benzene rings is 4. The van der Waals surface area contributed by atoms with Crippen molar-refractivity contribution in [1.29, 1.82) is 0 Å². The van der Waals surface area contributed by atoms with E-state index in [1.807, 2.05) is 37.4 Å². The molecule has 1 aromatic heterocycles. The molecule has 0 spiro atoms. The summed E-state index contributed by atoms with van der Waals surface area (Å²) >= 11 is 0. The minimum atomic E-state index is 0.358. The molecule has 1 aliphatic rings. The molecule has 0 bridgehead atoms. The Morgan fingerprint density at radius 2 is 1.22 bits per heavy atom. The lowest BCUT2D eigenvalue weighted by Gasteiger charge is -2.40. The highest BCUT2D eigenvalue weighted by Crippen LogP contribution is 2.42.